The van der Waals surface area contributed by atoms with E-state index in [2.05, 4.69) is 32.2 Å². The lowest BCUT2D eigenvalue weighted by molar-refractivity contribution is 0.414. The molecule has 0 amide bonds. The van der Waals surface area contributed by atoms with Crippen molar-refractivity contribution < 1.29 is 4.74 Å². The molecule has 2 rings (SSSR count). The van der Waals surface area contributed by atoms with E-state index in [0.717, 1.165) is 13.0 Å². The van der Waals surface area contributed by atoms with Crippen LogP contribution < -0.4 is 10.1 Å². The monoisotopic (exact) mass is 245 g/mol. The Balaban J connectivity index is 2.41. The van der Waals surface area contributed by atoms with Crippen LogP contribution in [0.2, 0.25) is 0 Å². The Labute approximate surface area is 105 Å². The SMILES string of the molecule is CCCNc1ncnc(-c2cnccn2)c1OC. The molecule has 0 aromatic carbocycles. The fourth-order valence-corrected chi connectivity index (χ4v) is 1.54. The van der Waals surface area contributed by atoms with Crippen LogP contribution in [0.5, 0.6) is 5.75 Å². The first-order valence-electron chi connectivity index (χ1n) is 5.76. The van der Waals surface area contributed by atoms with Crippen molar-refractivity contribution in [2.24, 2.45) is 0 Å². The molecule has 2 aromatic heterocycles. The van der Waals surface area contributed by atoms with E-state index in [1.807, 2.05) is 0 Å². The molecule has 0 spiro atoms. The molecule has 1 N–H and O–H groups in total. The van der Waals surface area contributed by atoms with Gasteiger partial charge >= 0.3 is 0 Å². The maximum atomic E-state index is 5.37. The summed E-state index contributed by atoms with van der Waals surface area (Å²) in [4.78, 5) is 16.6. The summed E-state index contributed by atoms with van der Waals surface area (Å²) >= 11 is 0. The number of ether oxygens (including phenoxy) is 1. The number of methoxy groups -OCH3 is 1. The van der Waals surface area contributed by atoms with Crippen LogP contribution >= 0.6 is 0 Å². The van der Waals surface area contributed by atoms with Crippen LogP contribution in [0.4, 0.5) is 5.82 Å². The molecule has 0 aliphatic rings. The first-order valence-corrected chi connectivity index (χ1v) is 5.76. The van der Waals surface area contributed by atoms with Crippen molar-refractivity contribution in [2.45, 2.75) is 13.3 Å². The number of aromatic nitrogens is 4. The molecule has 0 bridgehead atoms. The van der Waals surface area contributed by atoms with Crippen molar-refractivity contribution in [3.05, 3.63) is 24.9 Å². The van der Waals surface area contributed by atoms with Gasteiger partial charge in [0.1, 0.15) is 17.7 Å². The zero-order valence-electron chi connectivity index (χ0n) is 10.4. The fraction of sp³-hybridized carbons (Fsp3) is 0.333. The van der Waals surface area contributed by atoms with E-state index in [4.69, 9.17) is 4.74 Å². The van der Waals surface area contributed by atoms with E-state index < -0.39 is 0 Å². The average molecular weight is 245 g/mol. The predicted molar refractivity (Wildman–Crippen MR) is 68.4 cm³/mol. The summed E-state index contributed by atoms with van der Waals surface area (Å²) in [5.41, 5.74) is 1.30. The molecule has 0 radical (unpaired) electrons. The average Bonchev–Trinajstić information content (AvgIpc) is 2.45. The normalized spacial score (nSPS) is 10.1. The van der Waals surface area contributed by atoms with Gasteiger partial charge < -0.3 is 10.1 Å². The molecule has 0 saturated heterocycles. The number of hydrogen-bond acceptors (Lipinski definition) is 6. The Kier molecular flexibility index (Phi) is 4.01. The second kappa shape index (κ2) is 5.90. The zero-order valence-corrected chi connectivity index (χ0v) is 10.4. The van der Waals surface area contributed by atoms with Crippen molar-refractivity contribution in [2.75, 3.05) is 19.0 Å². The van der Waals surface area contributed by atoms with Gasteiger partial charge in [-0.25, -0.2) is 9.97 Å². The largest absolute Gasteiger partial charge is 0.491 e. The molecule has 0 aliphatic carbocycles. The molecule has 0 fully saturated rings. The van der Waals surface area contributed by atoms with E-state index in [-0.39, 0.29) is 0 Å². The van der Waals surface area contributed by atoms with E-state index in [0.29, 0.717) is 23.0 Å². The van der Waals surface area contributed by atoms with Gasteiger partial charge in [0.25, 0.3) is 0 Å². The minimum atomic E-state index is 0.589. The van der Waals surface area contributed by atoms with Gasteiger partial charge in [0.05, 0.1) is 13.3 Å². The van der Waals surface area contributed by atoms with Crippen LogP contribution in [-0.2, 0) is 0 Å². The third-order valence-corrected chi connectivity index (χ3v) is 2.36. The lowest BCUT2D eigenvalue weighted by atomic mass is 10.2. The summed E-state index contributed by atoms with van der Waals surface area (Å²) in [6.07, 6.45) is 7.38. The summed E-state index contributed by atoms with van der Waals surface area (Å²) < 4.78 is 5.37. The summed E-state index contributed by atoms with van der Waals surface area (Å²) in [6, 6.07) is 0. The molecule has 94 valence electrons. The number of nitrogens with one attached hydrogen (secondary N) is 1. The number of rotatable bonds is 5. The van der Waals surface area contributed by atoms with Gasteiger partial charge in [-0.15, -0.1) is 0 Å². The maximum absolute atomic E-state index is 5.37. The lowest BCUT2D eigenvalue weighted by Crippen LogP contribution is -2.06. The molecular formula is C12H15N5O. The van der Waals surface area contributed by atoms with Gasteiger partial charge in [-0.2, -0.15) is 0 Å². The molecule has 2 aromatic rings. The van der Waals surface area contributed by atoms with Crippen LogP contribution in [0.1, 0.15) is 13.3 Å². The Morgan fingerprint density at radius 3 is 2.78 bits per heavy atom. The summed E-state index contributed by atoms with van der Waals surface area (Å²) in [5, 5.41) is 3.20. The van der Waals surface area contributed by atoms with Crippen LogP contribution in [0.25, 0.3) is 11.4 Å². The third-order valence-electron chi connectivity index (χ3n) is 2.36. The van der Waals surface area contributed by atoms with Crippen molar-refractivity contribution in [1.82, 2.24) is 19.9 Å². The minimum absolute atomic E-state index is 0.589. The first-order chi connectivity index (χ1) is 8.86. The van der Waals surface area contributed by atoms with Gasteiger partial charge in [-0.3, -0.25) is 9.97 Å². The summed E-state index contributed by atoms with van der Waals surface area (Å²) in [5.74, 6) is 1.27. The van der Waals surface area contributed by atoms with Crippen LogP contribution in [0.15, 0.2) is 24.9 Å². The highest BCUT2D eigenvalue weighted by Gasteiger charge is 2.14. The fourth-order valence-electron chi connectivity index (χ4n) is 1.54. The van der Waals surface area contributed by atoms with Gasteiger partial charge in [-0.1, -0.05) is 6.92 Å². The molecule has 0 saturated carbocycles. The Morgan fingerprint density at radius 2 is 2.11 bits per heavy atom. The van der Waals surface area contributed by atoms with E-state index in [1.165, 1.54) is 6.33 Å². The zero-order chi connectivity index (χ0) is 12.8. The summed E-state index contributed by atoms with van der Waals surface area (Å²) in [6.45, 7) is 2.91. The quantitative estimate of drug-likeness (QED) is 0.865. The topological polar surface area (TPSA) is 72.8 Å². The van der Waals surface area contributed by atoms with Crippen LogP contribution in [-0.4, -0.2) is 33.6 Å². The highest BCUT2D eigenvalue weighted by atomic mass is 16.5. The lowest BCUT2D eigenvalue weighted by Gasteiger charge is -2.11. The minimum Gasteiger partial charge on any atom is -0.491 e. The maximum Gasteiger partial charge on any atom is 0.189 e. The Morgan fingerprint density at radius 1 is 1.22 bits per heavy atom. The van der Waals surface area contributed by atoms with Gasteiger partial charge in [0.2, 0.25) is 0 Å². The molecule has 0 atom stereocenters. The Hall–Kier alpha value is -2.24. The smallest absolute Gasteiger partial charge is 0.189 e. The summed E-state index contributed by atoms with van der Waals surface area (Å²) in [7, 11) is 1.59. The van der Waals surface area contributed by atoms with E-state index in [9.17, 15) is 0 Å². The van der Waals surface area contributed by atoms with E-state index in [1.54, 1.807) is 25.7 Å². The van der Waals surface area contributed by atoms with Gasteiger partial charge in [-0.05, 0) is 6.42 Å². The van der Waals surface area contributed by atoms with Gasteiger partial charge in [0.15, 0.2) is 11.6 Å². The number of nitrogens with zero attached hydrogens (tertiary/aromatic N) is 4. The molecule has 2 heterocycles. The van der Waals surface area contributed by atoms with Crippen LogP contribution in [0, 0.1) is 0 Å². The molecular weight excluding hydrogens is 230 g/mol. The predicted octanol–water partition coefficient (Wildman–Crippen LogP) is 1.76. The number of hydrogen-bond donors (Lipinski definition) is 1. The highest BCUT2D eigenvalue weighted by Crippen LogP contribution is 2.31. The second-order valence-electron chi connectivity index (χ2n) is 3.62. The van der Waals surface area contributed by atoms with Crippen molar-refractivity contribution in [3.63, 3.8) is 0 Å². The van der Waals surface area contributed by atoms with Crippen LogP contribution in [0.3, 0.4) is 0 Å². The molecule has 6 heteroatoms. The van der Waals surface area contributed by atoms with Crippen molar-refractivity contribution in [3.8, 4) is 17.1 Å². The van der Waals surface area contributed by atoms with Crippen molar-refractivity contribution in [1.29, 1.82) is 0 Å². The molecule has 0 unspecified atom stereocenters. The van der Waals surface area contributed by atoms with E-state index >= 15 is 0 Å². The van der Waals surface area contributed by atoms with Crippen molar-refractivity contribution >= 4 is 5.82 Å². The Bertz CT molecular complexity index is 503. The highest BCUT2D eigenvalue weighted by molar-refractivity contribution is 5.69. The standard InChI is InChI=1S/C12H15N5O/c1-3-4-15-12-11(18-2)10(16-8-17-12)9-7-13-5-6-14-9/h5-8H,3-4H2,1-2H3,(H,15,16,17). The molecule has 18 heavy (non-hydrogen) atoms. The molecule has 0 aliphatic heterocycles. The molecule has 6 nitrogen and oxygen atoms in total. The first kappa shape index (κ1) is 12.2. The second-order valence-corrected chi connectivity index (χ2v) is 3.62. The number of anilines is 1. The third kappa shape index (κ3) is 2.53. The van der Waals surface area contributed by atoms with Gasteiger partial charge in [0, 0.05) is 18.9 Å².